The van der Waals surface area contributed by atoms with E-state index >= 15 is 0 Å². The third-order valence-corrected chi connectivity index (χ3v) is 3.60. The smallest absolute Gasteiger partial charge is 0.161 e. The highest BCUT2D eigenvalue weighted by Gasteiger charge is 2.07. The van der Waals surface area contributed by atoms with E-state index in [0.717, 1.165) is 24.0 Å². The lowest BCUT2D eigenvalue weighted by atomic mass is 10.0. The molecule has 120 valence electrons. The second-order valence-corrected chi connectivity index (χ2v) is 6.02. The van der Waals surface area contributed by atoms with Crippen LogP contribution in [0.3, 0.4) is 0 Å². The Hall–Kier alpha value is -1.22. The van der Waals surface area contributed by atoms with Gasteiger partial charge in [0.15, 0.2) is 11.5 Å². The molecule has 0 aliphatic carbocycles. The van der Waals surface area contributed by atoms with Gasteiger partial charge in [0.1, 0.15) is 0 Å². The minimum atomic E-state index is 0.543. The van der Waals surface area contributed by atoms with Gasteiger partial charge in [-0.25, -0.2) is 0 Å². The Bertz CT molecular complexity index is 404. The summed E-state index contributed by atoms with van der Waals surface area (Å²) >= 11 is 0. The van der Waals surface area contributed by atoms with Crippen LogP contribution < -0.4 is 14.8 Å². The molecule has 1 N–H and O–H groups in total. The zero-order valence-corrected chi connectivity index (χ0v) is 14.2. The van der Waals surface area contributed by atoms with E-state index in [1.54, 1.807) is 7.11 Å². The van der Waals surface area contributed by atoms with Crippen molar-refractivity contribution >= 4 is 0 Å². The minimum Gasteiger partial charge on any atom is -0.493 e. The summed E-state index contributed by atoms with van der Waals surface area (Å²) in [5, 5.41) is 3.58. The third kappa shape index (κ3) is 6.85. The van der Waals surface area contributed by atoms with Gasteiger partial charge in [-0.2, -0.15) is 0 Å². The van der Waals surface area contributed by atoms with Crippen LogP contribution in [0.15, 0.2) is 18.2 Å². The van der Waals surface area contributed by atoms with Crippen molar-refractivity contribution in [3.8, 4) is 11.5 Å². The summed E-state index contributed by atoms with van der Waals surface area (Å²) in [6.07, 6.45) is 3.83. The Kier molecular flexibility index (Phi) is 8.21. The summed E-state index contributed by atoms with van der Waals surface area (Å²) in [6.45, 7) is 10.3. The number of methoxy groups -OCH3 is 1. The molecule has 0 radical (unpaired) electrons. The second-order valence-electron chi connectivity index (χ2n) is 6.02. The highest BCUT2D eigenvalue weighted by atomic mass is 16.5. The number of ether oxygens (including phenoxy) is 2. The molecule has 0 aromatic heterocycles. The van der Waals surface area contributed by atoms with Crippen LogP contribution in [0.4, 0.5) is 0 Å². The second kappa shape index (κ2) is 9.67. The first-order chi connectivity index (χ1) is 10.1. The lowest BCUT2D eigenvalue weighted by molar-refractivity contribution is 0.310. The summed E-state index contributed by atoms with van der Waals surface area (Å²) in [4.78, 5) is 0. The Balaban J connectivity index is 2.45. The van der Waals surface area contributed by atoms with Crippen LogP contribution in [0.25, 0.3) is 0 Å². The molecule has 0 spiro atoms. The van der Waals surface area contributed by atoms with E-state index in [4.69, 9.17) is 9.47 Å². The van der Waals surface area contributed by atoms with Gasteiger partial charge in [-0.15, -0.1) is 0 Å². The molecule has 1 aromatic rings. The highest BCUT2D eigenvalue weighted by molar-refractivity contribution is 5.42. The summed E-state index contributed by atoms with van der Waals surface area (Å²) in [5.41, 5.74) is 1.23. The predicted molar refractivity (Wildman–Crippen MR) is 89.2 cm³/mol. The SMILES string of the molecule is CCOc1cc(CNC(C)CCCC(C)C)ccc1OC. The lowest BCUT2D eigenvalue weighted by Crippen LogP contribution is -2.25. The molecule has 0 saturated heterocycles. The molecule has 3 heteroatoms. The van der Waals surface area contributed by atoms with E-state index in [-0.39, 0.29) is 0 Å². The van der Waals surface area contributed by atoms with Gasteiger partial charge >= 0.3 is 0 Å². The molecular weight excluding hydrogens is 262 g/mol. The van der Waals surface area contributed by atoms with Gasteiger partial charge in [-0.1, -0.05) is 32.8 Å². The zero-order valence-electron chi connectivity index (χ0n) is 14.2. The van der Waals surface area contributed by atoms with Crippen LogP contribution in [0.5, 0.6) is 11.5 Å². The molecule has 1 aromatic carbocycles. The Morgan fingerprint density at radius 1 is 1.10 bits per heavy atom. The molecule has 1 rings (SSSR count). The molecule has 1 unspecified atom stereocenters. The molecule has 0 heterocycles. The number of hydrogen-bond acceptors (Lipinski definition) is 3. The maximum atomic E-state index is 5.61. The largest absolute Gasteiger partial charge is 0.493 e. The van der Waals surface area contributed by atoms with Crippen molar-refractivity contribution in [2.45, 2.75) is 59.5 Å². The number of benzene rings is 1. The number of nitrogens with one attached hydrogen (secondary N) is 1. The normalized spacial score (nSPS) is 12.5. The summed E-state index contributed by atoms with van der Waals surface area (Å²) in [6, 6.07) is 6.68. The molecule has 3 nitrogen and oxygen atoms in total. The fourth-order valence-corrected chi connectivity index (χ4v) is 2.33. The molecule has 0 aliphatic heterocycles. The van der Waals surface area contributed by atoms with Crippen molar-refractivity contribution in [3.05, 3.63) is 23.8 Å². The molecule has 0 amide bonds. The van der Waals surface area contributed by atoms with Crippen LogP contribution in [0, 0.1) is 5.92 Å². The number of rotatable bonds is 10. The summed E-state index contributed by atoms with van der Waals surface area (Å²) in [7, 11) is 1.67. The predicted octanol–water partition coefficient (Wildman–Crippen LogP) is 4.40. The van der Waals surface area contributed by atoms with Crippen LogP contribution in [0.2, 0.25) is 0 Å². The Morgan fingerprint density at radius 3 is 2.48 bits per heavy atom. The van der Waals surface area contributed by atoms with E-state index in [1.807, 2.05) is 13.0 Å². The monoisotopic (exact) mass is 293 g/mol. The van der Waals surface area contributed by atoms with E-state index in [2.05, 4.69) is 38.2 Å². The fraction of sp³-hybridized carbons (Fsp3) is 0.667. The van der Waals surface area contributed by atoms with Crippen molar-refractivity contribution in [1.82, 2.24) is 5.32 Å². The van der Waals surface area contributed by atoms with Gasteiger partial charge in [0.05, 0.1) is 13.7 Å². The van der Waals surface area contributed by atoms with Crippen molar-refractivity contribution in [2.75, 3.05) is 13.7 Å². The molecule has 21 heavy (non-hydrogen) atoms. The van der Waals surface area contributed by atoms with Crippen LogP contribution in [0.1, 0.15) is 52.5 Å². The minimum absolute atomic E-state index is 0.543. The summed E-state index contributed by atoms with van der Waals surface area (Å²) in [5.74, 6) is 2.42. The summed E-state index contributed by atoms with van der Waals surface area (Å²) < 4.78 is 10.9. The van der Waals surface area contributed by atoms with Gasteiger partial charge < -0.3 is 14.8 Å². The average Bonchev–Trinajstić information content (AvgIpc) is 2.45. The van der Waals surface area contributed by atoms with Gasteiger partial charge in [0, 0.05) is 12.6 Å². The lowest BCUT2D eigenvalue weighted by Gasteiger charge is -2.16. The van der Waals surface area contributed by atoms with Gasteiger partial charge in [0.2, 0.25) is 0 Å². The zero-order chi connectivity index (χ0) is 15.7. The topological polar surface area (TPSA) is 30.5 Å². The first-order valence-electron chi connectivity index (χ1n) is 8.09. The first kappa shape index (κ1) is 17.8. The van der Waals surface area contributed by atoms with Crippen molar-refractivity contribution in [3.63, 3.8) is 0 Å². The van der Waals surface area contributed by atoms with Crippen molar-refractivity contribution < 1.29 is 9.47 Å². The Morgan fingerprint density at radius 2 is 1.86 bits per heavy atom. The van der Waals surface area contributed by atoms with Crippen LogP contribution >= 0.6 is 0 Å². The van der Waals surface area contributed by atoms with E-state index in [0.29, 0.717) is 12.6 Å². The molecule has 0 saturated carbocycles. The third-order valence-electron chi connectivity index (χ3n) is 3.60. The van der Waals surface area contributed by atoms with E-state index in [1.165, 1.54) is 24.8 Å². The highest BCUT2D eigenvalue weighted by Crippen LogP contribution is 2.28. The molecule has 1 atom stereocenters. The van der Waals surface area contributed by atoms with Gasteiger partial charge in [0.25, 0.3) is 0 Å². The molecule has 0 aliphatic rings. The quantitative estimate of drug-likeness (QED) is 0.693. The van der Waals surface area contributed by atoms with Crippen molar-refractivity contribution in [1.29, 1.82) is 0 Å². The van der Waals surface area contributed by atoms with E-state index < -0.39 is 0 Å². The maximum Gasteiger partial charge on any atom is 0.161 e. The first-order valence-corrected chi connectivity index (χ1v) is 8.09. The standard InChI is InChI=1S/C18H31NO2/c1-6-21-18-12-16(10-11-17(18)20-5)13-19-15(4)9-7-8-14(2)3/h10-12,14-15,19H,6-9,13H2,1-5H3. The fourth-order valence-electron chi connectivity index (χ4n) is 2.33. The van der Waals surface area contributed by atoms with Crippen molar-refractivity contribution in [2.24, 2.45) is 5.92 Å². The average molecular weight is 293 g/mol. The van der Waals surface area contributed by atoms with Gasteiger partial charge in [-0.05, 0) is 43.9 Å². The van der Waals surface area contributed by atoms with Crippen LogP contribution in [-0.4, -0.2) is 19.8 Å². The van der Waals surface area contributed by atoms with Crippen LogP contribution in [-0.2, 0) is 6.54 Å². The van der Waals surface area contributed by atoms with Gasteiger partial charge in [-0.3, -0.25) is 0 Å². The Labute approximate surface area is 130 Å². The number of hydrogen-bond donors (Lipinski definition) is 1. The maximum absolute atomic E-state index is 5.61. The molecule has 0 fully saturated rings. The molecule has 0 bridgehead atoms. The molecular formula is C18H31NO2. The van der Waals surface area contributed by atoms with E-state index in [9.17, 15) is 0 Å².